The average Bonchev–Trinajstić information content (AvgIpc) is 2.53. The topological polar surface area (TPSA) is 59.9 Å². The minimum Gasteiger partial charge on any atom is -0.496 e. The van der Waals surface area contributed by atoms with Crippen LogP contribution in [0.4, 0.5) is 5.82 Å². The normalized spacial score (nSPS) is 10.4. The molecule has 0 saturated carbocycles. The molecule has 0 radical (unpaired) electrons. The molecule has 3 aromatic rings. The molecule has 20 heavy (non-hydrogen) atoms. The SMILES string of the molecule is COc1cccc2c(NCc3ccncn3)nccc12. The third-order valence-electron chi connectivity index (χ3n) is 3.07. The Morgan fingerprint density at radius 1 is 1.05 bits per heavy atom. The van der Waals surface area contributed by atoms with E-state index in [2.05, 4.69) is 20.3 Å². The Labute approximate surface area is 116 Å². The van der Waals surface area contributed by atoms with Gasteiger partial charge in [0, 0.05) is 23.2 Å². The summed E-state index contributed by atoms with van der Waals surface area (Å²) < 4.78 is 5.37. The first-order valence-electron chi connectivity index (χ1n) is 6.29. The fourth-order valence-electron chi connectivity index (χ4n) is 2.09. The molecule has 0 aliphatic rings. The molecule has 5 nitrogen and oxygen atoms in total. The molecular weight excluding hydrogens is 252 g/mol. The Hall–Kier alpha value is -2.69. The van der Waals surface area contributed by atoms with Crippen LogP contribution < -0.4 is 10.1 Å². The van der Waals surface area contributed by atoms with Crippen molar-refractivity contribution in [2.24, 2.45) is 0 Å². The average molecular weight is 266 g/mol. The van der Waals surface area contributed by atoms with Gasteiger partial charge in [0.05, 0.1) is 19.3 Å². The second-order valence-corrected chi connectivity index (χ2v) is 4.27. The third-order valence-corrected chi connectivity index (χ3v) is 3.07. The highest BCUT2D eigenvalue weighted by Crippen LogP contribution is 2.29. The molecule has 2 heterocycles. The minimum absolute atomic E-state index is 0.603. The van der Waals surface area contributed by atoms with Gasteiger partial charge >= 0.3 is 0 Å². The predicted molar refractivity (Wildman–Crippen MR) is 77.7 cm³/mol. The van der Waals surface area contributed by atoms with Crippen molar-refractivity contribution in [3.05, 3.63) is 54.7 Å². The molecule has 2 aromatic heterocycles. The van der Waals surface area contributed by atoms with Gasteiger partial charge in [0.2, 0.25) is 0 Å². The zero-order chi connectivity index (χ0) is 13.8. The van der Waals surface area contributed by atoms with Gasteiger partial charge in [-0.05, 0) is 18.2 Å². The fourth-order valence-corrected chi connectivity index (χ4v) is 2.09. The predicted octanol–water partition coefficient (Wildman–Crippen LogP) is 2.65. The van der Waals surface area contributed by atoms with Gasteiger partial charge in [-0.25, -0.2) is 15.0 Å². The standard InChI is InChI=1S/C15H14N4O/c1-20-14-4-2-3-13-12(14)6-8-17-15(13)18-9-11-5-7-16-10-19-11/h2-8,10H,9H2,1H3,(H,17,18). The molecule has 0 bridgehead atoms. The van der Waals surface area contributed by atoms with Crippen molar-refractivity contribution in [3.63, 3.8) is 0 Å². The molecule has 0 amide bonds. The van der Waals surface area contributed by atoms with Gasteiger partial charge in [-0.15, -0.1) is 0 Å². The number of benzene rings is 1. The molecule has 0 fully saturated rings. The van der Waals surface area contributed by atoms with Crippen LogP contribution >= 0.6 is 0 Å². The molecule has 0 spiro atoms. The maximum atomic E-state index is 5.37. The molecule has 0 aliphatic heterocycles. The lowest BCUT2D eigenvalue weighted by Crippen LogP contribution is -2.03. The quantitative estimate of drug-likeness (QED) is 0.786. The first-order valence-corrected chi connectivity index (χ1v) is 6.29. The Balaban J connectivity index is 1.92. The van der Waals surface area contributed by atoms with Crippen molar-refractivity contribution in [1.82, 2.24) is 15.0 Å². The van der Waals surface area contributed by atoms with Gasteiger partial charge in [0.1, 0.15) is 17.9 Å². The monoisotopic (exact) mass is 266 g/mol. The molecule has 0 aliphatic carbocycles. The summed E-state index contributed by atoms with van der Waals surface area (Å²) in [6.07, 6.45) is 5.04. The second kappa shape index (κ2) is 5.52. The Morgan fingerprint density at radius 2 is 2.00 bits per heavy atom. The van der Waals surface area contributed by atoms with E-state index >= 15 is 0 Å². The van der Waals surface area contributed by atoms with Crippen LogP contribution in [0.3, 0.4) is 0 Å². The molecule has 0 unspecified atom stereocenters. The molecule has 100 valence electrons. The lowest BCUT2D eigenvalue weighted by molar-refractivity contribution is 0.420. The number of anilines is 1. The van der Waals surface area contributed by atoms with Crippen LogP contribution in [0.25, 0.3) is 10.8 Å². The first-order chi connectivity index (χ1) is 9.88. The van der Waals surface area contributed by atoms with E-state index in [0.29, 0.717) is 6.54 Å². The molecular formula is C15H14N4O. The number of methoxy groups -OCH3 is 1. The Morgan fingerprint density at radius 3 is 2.80 bits per heavy atom. The van der Waals surface area contributed by atoms with E-state index in [1.165, 1.54) is 6.33 Å². The van der Waals surface area contributed by atoms with Crippen LogP contribution in [0.2, 0.25) is 0 Å². The van der Waals surface area contributed by atoms with Gasteiger partial charge in [0.25, 0.3) is 0 Å². The van der Waals surface area contributed by atoms with Gasteiger partial charge < -0.3 is 10.1 Å². The van der Waals surface area contributed by atoms with E-state index in [1.54, 1.807) is 19.5 Å². The summed E-state index contributed by atoms with van der Waals surface area (Å²) in [7, 11) is 1.67. The van der Waals surface area contributed by atoms with Gasteiger partial charge in [-0.2, -0.15) is 0 Å². The number of ether oxygens (including phenoxy) is 1. The van der Waals surface area contributed by atoms with Crippen LogP contribution in [-0.2, 0) is 6.54 Å². The molecule has 1 N–H and O–H groups in total. The lowest BCUT2D eigenvalue weighted by Gasteiger charge is -2.10. The summed E-state index contributed by atoms with van der Waals surface area (Å²) >= 11 is 0. The van der Waals surface area contributed by atoms with Crippen molar-refractivity contribution in [2.45, 2.75) is 6.54 Å². The third kappa shape index (κ3) is 2.38. The van der Waals surface area contributed by atoms with Crippen LogP contribution in [0.1, 0.15) is 5.69 Å². The smallest absolute Gasteiger partial charge is 0.134 e. The summed E-state index contributed by atoms with van der Waals surface area (Å²) in [6.45, 7) is 0.603. The second-order valence-electron chi connectivity index (χ2n) is 4.27. The van der Waals surface area contributed by atoms with Crippen LogP contribution in [0.15, 0.2) is 49.1 Å². The molecule has 3 rings (SSSR count). The molecule has 0 atom stereocenters. The fraction of sp³-hybridized carbons (Fsp3) is 0.133. The van der Waals surface area contributed by atoms with E-state index in [1.807, 2.05) is 30.3 Å². The largest absolute Gasteiger partial charge is 0.496 e. The van der Waals surface area contributed by atoms with Crippen LogP contribution in [-0.4, -0.2) is 22.1 Å². The summed E-state index contributed by atoms with van der Waals surface area (Å²) in [5.41, 5.74) is 0.918. The highest BCUT2D eigenvalue weighted by molar-refractivity contribution is 5.95. The highest BCUT2D eigenvalue weighted by Gasteiger charge is 2.06. The number of nitrogens with zero attached hydrogens (tertiary/aromatic N) is 3. The summed E-state index contributed by atoms with van der Waals surface area (Å²) in [4.78, 5) is 12.5. The number of fused-ring (bicyclic) bond motifs is 1. The van der Waals surface area contributed by atoms with Crippen molar-refractivity contribution >= 4 is 16.6 Å². The Bertz CT molecular complexity index is 715. The maximum absolute atomic E-state index is 5.37. The molecule has 0 saturated heterocycles. The van der Waals surface area contributed by atoms with Crippen molar-refractivity contribution in [2.75, 3.05) is 12.4 Å². The number of hydrogen-bond acceptors (Lipinski definition) is 5. The Kier molecular flexibility index (Phi) is 3.41. The van der Waals surface area contributed by atoms with E-state index in [9.17, 15) is 0 Å². The van der Waals surface area contributed by atoms with Crippen LogP contribution in [0.5, 0.6) is 5.75 Å². The number of pyridine rings is 1. The zero-order valence-corrected chi connectivity index (χ0v) is 11.1. The van der Waals surface area contributed by atoms with E-state index in [0.717, 1.165) is 28.0 Å². The van der Waals surface area contributed by atoms with E-state index < -0.39 is 0 Å². The maximum Gasteiger partial charge on any atom is 0.134 e. The van der Waals surface area contributed by atoms with Crippen molar-refractivity contribution in [3.8, 4) is 5.75 Å². The first kappa shape index (κ1) is 12.3. The molecule has 1 aromatic carbocycles. The van der Waals surface area contributed by atoms with Crippen molar-refractivity contribution < 1.29 is 4.74 Å². The number of nitrogens with one attached hydrogen (secondary N) is 1. The highest BCUT2D eigenvalue weighted by atomic mass is 16.5. The van der Waals surface area contributed by atoms with E-state index in [-0.39, 0.29) is 0 Å². The number of rotatable bonds is 4. The molecule has 5 heteroatoms. The number of hydrogen-bond donors (Lipinski definition) is 1. The summed E-state index contributed by atoms with van der Waals surface area (Å²) in [5.74, 6) is 1.66. The lowest BCUT2D eigenvalue weighted by atomic mass is 10.1. The van der Waals surface area contributed by atoms with E-state index in [4.69, 9.17) is 4.74 Å². The number of aromatic nitrogens is 3. The van der Waals surface area contributed by atoms with Crippen LogP contribution in [0, 0.1) is 0 Å². The van der Waals surface area contributed by atoms with Gasteiger partial charge in [-0.3, -0.25) is 0 Å². The minimum atomic E-state index is 0.603. The van der Waals surface area contributed by atoms with Gasteiger partial charge in [0.15, 0.2) is 0 Å². The summed E-state index contributed by atoms with van der Waals surface area (Å²) in [6, 6.07) is 9.74. The summed E-state index contributed by atoms with van der Waals surface area (Å²) in [5, 5.41) is 5.36. The zero-order valence-electron chi connectivity index (χ0n) is 11.1. The van der Waals surface area contributed by atoms with Gasteiger partial charge in [-0.1, -0.05) is 12.1 Å². The van der Waals surface area contributed by atoms with Crippen molar-refractivity contribution in [1.29, 1.82) is 0 Å².